The summed E-state index contributed by atoms with van der Waals surface area (Å²) in [4.78, 5) is 1.13. The molecule has 0 aliphatic carbocycles. The van der Waals surface area contributed by atoms with Gasteiger partial charge in [0.1, 0.15) is 5.75 Å². The molecule has 1 aromatic rings. The van der Waals surface area contributed by atoms with E-state index in [0.717, 1.165) is 22.1 Å². The zero-order valence-electron chi connectivity index (χ0n) is 11.2. The number of nitrogens with two attached hydrogens (primary N) is 1. The Labute approximate surface area is 109 Å². The first-order valence-corrected chi connectivity index (χ1v) is 7.21. The maximum absolute atomic E-state index is 6.11. The number of nitrogen functional groups attached to an aromatic ring is 1. The number of rotatable bonds is 6. The van der Waals surface area contributed by atoms with Crippen LogP contribution < -0.4 is 10.5 Å². The minimum absolute atomic E-state index is 0.159. The van der Waals surface area contributed by atoms with Crippen molar-refractivity contribution in [2.24, 2.45) is 5.92 Å². The van der Waals surface area contributed by atoms with Crippen molar-refractivity contribution in [3.63, 3.8) is 0 Å². The molecular formula is C14H23NOS. The molecule has 96 valence electrons. The molecule has 17 heavy (non-hydrogen) atoms. The van der Waals surface area contributed by atoms with E-state index in [1.165, 1.54) is 6.42 Å². The van der Waals surface area contributed by atoms with E-state index in [2.05, 4.69) is 19.9 Å². The quantitative estimate of drug-likeness (QED) is 0.610. The molecule has 0 radical (unpaired) electrons. The van der Waals surface area contributed by atoms with Crippen molar-refractivity contribution in [2.75, 3.05) is 11.5 Å². The van der Waals surface area contributed by atoms with Crippen LogP contribution in [0.3, 0.4) is 0 Å². The van der Waals surface area contributed by atoms with E-state index in [1.54, 1.807) is 0 Å². The van der Waals surface area contributed by atoms with Gasteiger partial charge >= 0.3 is 0 Å². The monoisotopic (exact) mass is 253 g/mol. The van der Waals surface area contributed by atoms with E-state index in [0.29, 0.717) is 5.92 Å². The van der Waals surface area contributed by atoms with Crippen LogP contribution in [-0.2, 0) is 0 Å². The fourth-order valence-corrected chi connectivity index (χ4v) is 2.49. The van der Waals surface area contributed by atoms with Crippen LogP contribution in [0.4, 0.5) is 5.69 Å². The lowest BCUT2D eigenvalue weighted by molar-refractivity contribution is 0.243. The van der Waals surface area contributed by atoms with Crippen LogP contribution in [0, 0.1) is 5.92 Å². The summed E-state index contributed by atoms with van der Waals surface area (Å²) in [6, 6.07) is 6.01. The number of thioether (sulfide) groups is 1. The average Bonchev–Trinajstić information content (AvgIpc) is 2.29. The van der Waals surface area contributed by atoms with Crippen molar-refractivity contribution < 1.29 is 4.74 Å². The highest BCUT2D eigenvalue weighted by molar-refractivity contribution is 7.99. The molecule has 0 aliphatic rings. The molecule has 0 bridgehead atoms. The lowest BCUT2D eigenvalue weighted by Crippen LogP contribution is -2.08. The SMILES string of the molecule is CCC(C)CSc1cccc(OC(C)C)c1N. The summed E-state index contributed by atoms with van der Waals surface area (Å²) in [6.07, 6.45) is 1.36. The predicted octanol–water partition coefficient (Wildman–Crippen LogP) is 4.19. The second-order valence-corrected chi connectivity index (χ2v) is 5.72. The highest BCUT2D eigenvalue weighted by Gasteiger charge is 2.09. The third-order valence-electron chi connectivity index (χ3n) is 2.61. The third kappa shape index (κ3) is 4.50. The summed E-state index contributed by atoms with van der Waals surface area (Å²) in [5, 5.41) is 0. The molecule has 0 saturated heterocycles. The highest BCUT2D eigenvalue weighted by atomic mass is 32.2. The zero-order valence-corrected chi connectivity index (χ0v) is 12.0. The van der Waals surface area contributed by atoms with E-state index in [-0.39, 0.29) is 6.10 Å². The number of anilines is 1. The van der Waals surface area contributed by atoms with Gasteiger partial charge in [0.05, 0.1) is 11.8 Å². The topological polar surface area (TPSA) is 35.2 Å². The van der Waals surface area contributed by atoms with Gasteiger partial charge in [-0.05, 0) is 31.9 Å². The second kappa shape index (κ2) is 6.80. The van der Waals surface area contributed by atoms with Crippen LogP contribution in [0.15, 0.2) is 23.1 Å². The van der Waals surface area contributed by atoms with Crippen LogP contribution in [0.2, 0.25) is 0 Å². The van der Waals surface area contributed by atoms with Gasteiger partial charge in [0.15, 0.2) is 0 Å². The maximum atomic E-state index is 6.11. The predicted molar refractivity (Wildman–Crippen MR) is 76.8 cm³/mol. The summed E-state index contributed by atoms with van der Waals surface area (Å²) in [5.74, 6) is 2.62. The smallest absolute Gasteiger partial charge is 0.143 e. The Hall–Kier alpha value is -0.830. The van der Waals surface area contributed by atoms with Crippen LogP contribution in [0.5, 0.6) is 5.75 Å². The van der Waals surface area contributed by atoms with Crippen molar-refractivity contribution >= 4 is 17.4 Å². The number of ether oxygens (including phenoxy) is 1. The number of benzene rings is 1. The van der Waals surface area contributed by atoms with Gasteiger partial charge in [-0.25, -0.2) is 0 Å². The van der Waals surface area contributed by atoms with Gasteiger partial charge in [-0.15, -0.1) is 11.8 Å². The molecule has 2 N–H and O–H groups in total. The van der Waals surface area contributed by atoms with Gasteiger partial charge in [-0.1, -0.05) is 26.3 Å². The van der Waals surface area contributed by atoms with Crippen molar-refractivity contribution in [2.45, 2.75) is 45.1 Å². The molecule has 1 atom stereocenters. The summed E-state index contributed by atoms with van der Waals surface area (Å²) < 4.78 is 5.68. The van der Waals surface area contributed by atoms with Crippen molar-refractivity contribution in [1.82, 2.24) is 0 Å². The zero-order chi connectivity index (χ0) is 12.8. The van der Waals surface area contributed by atoms with Crippen LogP contribution in [0.25, 0.3) is 0 Å². The minimum atomic E-state index is 0.159. The molecule has 0 heterocycles. The molecule has 3 heteroatoms. The molecule has 0 amide bonds. The third-order valence-corrected chi connectivity index (χ3v) is 4.01. The van der Waals surface area contributed by atoms with E-state index < -0.39 is 0 Å². The maximum Gasteiger partial charge on any atom is 0.143 e. The molecule has 0 fully saturated rings. The Balaban J connectivity index is 2.72. The second-order valence-electron chi connectivity index (χ2n) is 4.66. The number of hydrogen-bond donors (Lipinski definition) is 1. The van der Waals surface area contributed by atoms with Gasteiger partial charge < -0.3 is 10.5 Å². The van der Waals surface area contributed by atoms with E-state index in [4.69, 9.17) is 10.5 Å². The molecule has 0 aliphatic heterocycles. The molecule has 1 unspecified atom stereocenters. The van der Waals surface area contributed by atoms with Crippen LogP contribution >= 0.6 is 11.8 Å². The lowest BCUT2D eigenvalue weighted by atomic mass is 10.2. The van der Waals surface area contributed by atoms with Crippen molar-refractivity contribution in [3.05, 3.63) is 18.2 Å². The fraction of sp³-hybridized carbons (Fsp3) is 0.571. The molecule has 0 aromatic heterocycles. The van der Waals surface area contributed by atoms with Crippen molar-refractivity contribution in [1.29, 1.82) is 0 Å². The molecule has 2 nitrogen and oxygen atoms in total. The van der Waals surface area contributed by atoms with Gasteiger partial charge in [-0.3, -0.25) is 0 Å². The molecule has 0 saturated carbocycles. The largest absolute Gasteiger partial charge is 0.489 e. The first kappa shape index (κ1) is 14.2. The molecule has 0 spiro atoms. The van der Waals surface area contributed by atoms with E-state index in [9.17, 15) is 0 Å². The van der Waals surface area contributed by atoms with Crippen LogP contribution in [0.1, 0.15) is 34.1 Å². The summed E-state index contributed by atoms with van der Waals surface area (Å²) in [5.41, 5.74) is 6.89. The Bertz CT molecular complexity index is 352. The molecule has 1 aromatic carbocycles. The van der Waals surface area contributed by atoms with Crippen molar-refractivity contribution in [3.8, 4) is 5.75 Å². The lowest BCUT2D eigenvalue weighted by Gasteiger charge is -2.15. The Morgan fingerprint density at radius 2 is 2.00 bits per heavy atom. The van der Waals surface area contributed by atoms with Gasteiger partial charge in [0.2, 0.25) is 0 Å². The summed E-state index contributed by atoms with van der Waals surface area (Å²) in [6.45, 7) is 8.50. The van der Waals surface area contributed by atoms with Gasteiger partial charge in [-0.2, -0.15) is 0 Å². The first-order chi connectivity index (χ1) is 8.04. The highest BCUT2D eigenvalue weighted by Crippen LogP contribution is 2.34. The minimum Gasteiger partial charge on any atom is -0.489 e. The first-order valence-electron chi connectivity index (χ1n) is 6.22. The molecule has 1 rings (SSSR count). The number of hydrogen-bond acceptors (Lipinski definition) is 3. The Morgan fingerprint density at radius 1 is 1.29 bits per heavy atom. The Kier molecular flexibility index (Phi) is 5.69. The van der Waals surface area contributed by atoms with Gasteiger partial charge in [0, 0.05) is 10.6 Å². The van der Waals surface area contributed by atoms with Gasteiger partial charge in [0.25, 0.3) is 0 Å². The summed E-state index contributed by atoms with van der Waals surface area (Å²) in [7, 11) is 0. The van der Waals surface area contributed by atoms with E-state index in [1.807, 2.05) is 37.7 Å². The summed E-state index contributed by atoms with van der Waals surface area (Å²) >= 11 is 1.82. The Morgan fingerprint density at radius 3 is 2.59 bits per heavy atom. The number of para-hydroxylation sites is 1. The van der Waals surface area contributed by atoms with E-state index >= 15 is 0 Å². The standard InChI is InChI=1S/C14H23NOS/c1-5-11(4)9-17-13-8-6-7-12(14(13)15)16-10(2)3/h6-8,10-11H,5,9,15H2,1-4H3. The normalized spacial score (nSPS) is 12.8. The molecular weight excluding hydrogens is 230 g/mol. The fourth-order valence-electron chi connectivity index (χ4n) is 1.36. The van der Waals surface area contributed by atoms with Crippen LogP contribution in [-0.4, -0.2) is 11.9 Å². The average molecular weight is 253 g/mol.